The standard InChI is InChI=1S/C15H14OS/c1-2-13(16)14-9-11-8-7-10-5-3-4-6-12(10)15(11)17-14/h3-6,9H,2,7-8H2,1H3. The summed E-state index contributed by atoms with van der Waals surface area (Å²) in [7, 11) is 0. The highest BCUT2D eigenvalue weighted by atomic mass is 32.1. The maximum atomic E-state index is 11.8. The lowest BCUT2D eigenvalue weighted by molar-refractivity contribution is 0.0992. The average Bonchev–Trinajstić information content (AvgIpc) is 2.82. The van der Waals surface area contributed by atoms with Gasteiger partial charge < -0.3 is 0 Å². The van der Waals surface area contributed by atoms with Crippen LogP contribution in [0.4, 0.5) is 0 Å². The number of ketones is 1. The molecular weight excluding hydrogens is 228 g/mol. The molecule has 0 bridgehead atoms. The van der Waals surface area contributed by atoms with Gasteiger partial charge in [-0.2, -0.15) is 0 Å². The SMILES string of the molecule is CCC(=O)c1cc2c(s1)-c1ccccc1CC2. The largest absolute Gasteiger partial charge is 0.293 e. The van der Waals surface area contributed by atoms with Crippen LogP contribution in [0, 0.1) is 0 Å². The second-order valence-electron chi connectivity index (χ2n) is 4.40. The van der Waals surface area contributed by atoms with E-state index in [-0.39, 0.29) is 5.78 Å². The first-order chi connectivity index (χ1) is 8.29. The van der Waals surface area contributed by atoms with E-state index in [1.807, 2.05) is 6.92 Å². The third-order valence-electron chi connectivity index (χ3n) is 3.33. The normalized spacial score (nSPS) is 13.0. The van der Waals surface area contributed by atoms with Crippen molar-refractivity contribution in [3.63, 3.8) is 0 Å². The van der Waals surface area contributed by atoms with Gasteiger partial charge in [0.15, 0.2) is 5.78 Å². The molecule has 86 valence electrons. The lowest BCUT2D eigenvalue weighted by atomic mass is 9.91. The Hall–Kier alpha value is -1.41. The number of fused-ring (bicyclic) bond motifs is 3. The quantitative estimate of drug-likeness (QED) is 0.724. The molecule has 2 aromatic rings. The number of thiophene rings is 1. The Kier molecular flexibility index (Phi) is 2.60. The summed E-state index contributed by atoms with van der Waals surface area (Å²) in [5.41, 5.74) is 4.09. The van der Waals surface area contributed by atoms with Crippen molar-refractivity contribution in [1.82, 2.24) is 0 Å². The van der Waals surface area contributed by atoms with Gasteiger partial charge in [-0.25, -0.2) is 0 Å². The van der Waals surface area contributed by atoms with Crippen LogP contribution < -0.4 is 0 Å². The van der Waals surface area contributed by atoms with Gasteiger partial charge in [-0.05, 0) is 35.6 Å². The second kappa shape index (κ2) is 4.11. The monoisotopic (exact) mass is 242 g/mol. The lowest BCUT2D eigenvalue weighted by Gasteiger charge is -2.15. The molecule has 0 saturated heterocycles. The average molecular weight is 242 g/mol. The molecule has 1 aromatic carbocycles. The van der Waals surface area contributed by atoms with Gasteiger partial charge in [-0.15, -0.1) is 11.3 Å². The van der Waals surface area contributed by atoms with Crippen LogP contribution in [0.25, 0.3) is 10.4 Å². The summed E-state index contributed by atoms with van der Waals surface area (Å²) in [5, 5.41) is 0. The molecule has 0 spiro atoms. The highest BCUT2D eigenvalue weighted by Gasteiger charge is 2.20. The Morgan fingerprint density at radius 1 is 1.24 bits per heavy atom. The van der Waals surface area contributed by atoms with Crippen molar-refractivity contribution in [1.29, 1.82) is 0 Å². The number of aryl methyl sites for hydroxylation is 2. The molecule has 1 aliphatic carbocycles. The first-order valence-electron chi connectivity index (χ1n) is 6.03. The minimum absolute atomic E-state index is 0.266. The van der Waals surface area contributed by atoms with Gasteiger partial charge in [-0.1, -0.05) is 31.2 Å². The number of Topliss-reactive ketones (excluding diaryl/α,β-unsaturated/α-hetero) is 1. The van der Waals surface area contributed by atoms with Crippen molar-refractivity contribution in [2.75, 3.05) is 0 Å². The molecule has 1 aliphatic rings. The molecule has 0 unspecified atom stereocenters. The van der Waals surface area contributed by atoms with Crippen LogP contribution in [-0.2, 0) is 12.8 Å². The first-order valence-corrected chi connectivity index (χ1v) is 6.85. The van der Waals surface area contributed by atoms with Gasteiger partial charge in [0, 0.05) is 11.3 Å². The minimum Gasteiger partial charge on any atom is -0.293 e. The summed E-state index contributed by atoms with van der Waals surface area (Å²) in [6.45, 7) is 1.93. The van der Waals surface area contributed by atoms with E-state index in [4.69, 9.17) is 0 Å². The number of benzene rings is 1. The van der Waals surface area contributed by atoms with Crippen LogP contribution in [0.5, 0.6) is 0 Å². The molecule has 0 aliphatic heterocycles. The van der Waals surface area contributed by atoms with Crippen LogP contribution in [0.1, 0.15) is 34.1 Å². The molecular formula is C15H14OS. The molecule has 0 N–H and O–H groups in total. The van der Waals surface area contributed by atoms with E-state index >= 15 is 0 Å². The van der Waals surface area contributed by atoms with Gasteiger partial charge >= 0.3 is 0 Å². The third-order valence-corrected chi connectivity index (χ3v) is 4.58. The lowest BCUT2D eigenvalue weighted by Crippen LogP contribution is -2.00. The van der Waals surface area contributed by atoms with Gasteiger partial charge in [-0.3, -0.25) is 4.79 Å². The fourth-order valence-corrected chi connectivity index (χ4v) is 3.66. The Bertz CT molecular complexity index is 580. The van der Waals surface area contributed by atoms with Crippen molar-refractivity contribution in [3.05, 3.63) is 46.3 Å². The number of carbonyl (C=O) groups is 1. The van der Waals surface area contributed by atoms with Crippen molar-refractivity contribution in [2.45, 2.75) is 26.2 Å². The summed E-state index contributed by atoms with van der Waals surface area (Å²) in [6.07, 6.45) is 2.76. The zero-order valence-electron chi connectivity index (χ0n) is 9.82. The predicted molar refractivity (Wildman–Crippen MR) is 71.8 cm³/mol. The van der Waals surface area contributed by atoms with Gasteiger partial charge in [0.05, 0.1) is 4.88 Å². The van der Waals surface area contributed by atoms with E-state index in [9.17, 15) is 4.79 Å². The molecule has 3 rings (SSSR count). The zero-order chi connectivity index (χ0) is 11.8. The highest BCUT2D eigenvalue weighted by Crippen LogP contribution is 2.39. The molecule has 1 aromatic heterocycles. The summed E-state index contributed by atoms with van der Waals surface area (Å²) >= 11 is 1.66. The van der Waals surface area contributed by atoms with Gasteiger partial charge in [0.1, 0.15) is 0 Å². The molecule has 0 amide bonds. The van der Waals surface area contributed by atoms with Gasteiger partial charge in [0.2, 0.25) is 0 Å². The van der Waals surface area contributed by atoms with Crippen LogP contribution >= 0.6 is 11.3 Å². The Morgan fingerprint density at radius 3 is 2.82 bits per heavy atom. The highest BCUT2D eigenvalue weighted by molar-refractivity contribution is 7.17. The first kappa shape index (κ1) is 10.7. The molecule has 17 heavy (non-hydrogen) atoms. The van der Waals surface area contributed by atoms with Crippen molar-refractivity contribution in [3.8, 4) is 10.4 Å². The third kappa shape index (κ3) is 1.73. The molecule has 0 atom stereocenters. The predicted octanol–water partition coefficient (Wildman–Crippen LogP) is 4.11. The summed E-state index contributed by atoms with van der Waals surface area (Å²) < 4.78 is 0. The fraction of sp³-hybridized carbons (Fsp3) is 0.267. The van der Waals surface area contributed by atoms with Crippen LogP contribution in [0.3, 0.4) is 0 Å². The van der Waals surface area contributed by atoms with E-state index in [0.717, 1.165) is 17.7 Å². The van der Waals surface area contributed by atoms with E-state index in [0.29, 0.717) is 6.42 Å². The Labute approximate surface area is 105 Å². The second-order valence-corrected chi connectivity index (χ2v) is 5.45. The van der Waals surface area contributed by atoms with Gasteiger partial charge in [0.25, 0.3) is 0 Å². The molecule has 1 nitrogen and oxygen atoms in total. The number of rotatable bonds is 2. The molecule has 2 heteroatoms. The van der Waals surface area contributed by atoms with Crippen LogP contribution in [0.15, 0.2) is 30.3 Å². The molecule has 0 saturated carbocycles. The summed E-state index contributed by atoms with van der Waals surface area (Å²) in [5.74, 6) is 0.266. The zero-order valence-corrected chi connectivity index (χ0v) is 10.6. The summed E-state index contributed by atoms with van der Waals surface area (Å²) in [4.78, 5) is 14.0. The maximum Gasteiger partial charge on any atom is 0.172 e. The number of hydrogen-bond acceptors (Lipinski definition) is 2. The smallest absolute Gasteiger partial charge is 0.172 e. The fourth-order valence-electron chi connectivity index (χ4n) is 2.38. The number of carbonyl (C=O) groups excluding carboxylic acids is 1. The van der Waals surface area contributed by atoms with Crippen molar-refractivity contribution < 1.29 is 4.79 Å². The van der Waals surface area contributed by atoms with E-state index in [1.54, 1.807) is 11.3 Å². The molecule has 0 fully saturated rings. The Balaban J connectivity index is 2.13. The van der Waals surface area contributed by atoms with Crippen molar-refractivity contribution in [2.24, 2.45) is 0 Å². The van der Waals surface area contributed by atoms with E-state index in [2.05, 4.69) is 30.3 Å². The minimum atomic E-state index is 0.266. The molecule has 0 radical (unpaired) electrons. The van der Waals surface area contributed by atoms with E-state index < -0.39 is 0 Å². The van der Waals surface area contributed by atoms with Crippen LogP contribution in [0.2, 0.25) is 0 Å². The topological polar surface area (TPSA) is 17.1 Å². The maximum absolute atomic E-state index is 11.8. The van der Waals surface area contributed by atoms with Crippen molar-refractivity contribution >= 4 is 17.1 Å². The molecule has 1 heterocycles. The Morgan fingerprint density at radius 2 is 2.00 bits per heavy atom. The van der Waals surface area contributed by atoms with E-state index in [1.165, 1.54) is 21.6 Å². The van der Waals surface area contributed by atoms with Crippen LogP contribution in [-0.4, -0.2) is 5.78 Å². The summed E-state index contributed by atoms with van der Waals surface area (Å²) in [6, 6.07) is 10.6. The number of hydrogen-bond donors (Lipinski definition) is 0.